The lowest BCUT2D eigenvalue weighted by atomic mass is 10.1. The van der Waals surface area contributed by atoms with Crippen LogP contribution in [0, 0.1) is 6.92 Å². The highest BCUT2D eigenvalue weighted by Crippen LogP contribution is 2.28. The standard InChI is InChI=1S/C21H23NO2/c1-4-19-15(3)18-13-17(21(23)24-5-2)11-12-20(18)22(19)14-16-9-7-6-8-10-16/h6-13H,4-5,14H2,1-3H3. The van der Waals surface area contributed by atoms with Crippen molar-refractivity contribution in [3.05, 3.63) is 70.9 Å². The molecule has 0 unspecified atom stereocenters. The molecule has 24 heavy (non-hydrogen) atoms. The number of carbonyl (C=O) groups excluding carboxylic acids is 1. The normalized spacial score (nSPS) is 11.0. The van der Waals surface area contributed by atoms with Crippen molar-refractivity contribution >= 4 is 16.9 Å². The topological polar surface area (TPSA) is 31.2 Å². The Bertz CT molecular complexity index is 862. The van der Waals surface area contributed by atoms with E-state index in [0.29, 0.717) is 12.2 Å². The van der Waals surface area contributed by atoms with Gasteiger partial charge in [0.05, 0.1) is 12.2 Å². The number of fused-ring (bicyclic) bond motifs is 1. The molecule has 0 aliphatic carbocycles. The third kappa shape index (κ3) is 2.94. The molecule has 0 amide bonds. The molecule has 0 spiro atoms. The van der Waals surface area contributed by atoms with Gasteiger partial charge < -0.3 is 9.30 Å². The van der Waals surface area contributed by atoms with E-state index in [-0.39, 0.29) is 5.97 Å². The number of benzene rings is 2. The highest BCUT2D eigenvalue weighted by Gasteiger charge is 2.16. The number of ether oxygens (including phenoxy) is 1. The maximum atomic E-state index is 12.0. The summed E-state index contributed by atoms with van der Waals surface area (Å²) in [5.41, 5.74) is 5.62. The monoisotopic (exact) mass is 321 g/mol. The fourth-order valence-corrected chi connectivity index (χ4v) is 3.32. The number of rotatable bonds is 5. The van der Waals surface area contributed by atoms with E-state index in [2.05, 4.69) is 42.7 Å². The molecule has 0 N–H and O–H groups in total. The van der Waals surface area contributed by atoms with E-state index in [1.807, 2.05) is 31.2 Å². The van der Waals surface area contributed by atoms with E-state index in [1.165, 1.54) is 22.3 Å². The van der Waals surface area contributed by atoms with Crippen LogP contribution in [0.1, 0.15) is 41.0 Å². The third-order valence-corrected chi connectivity index (χ3v) is 4.48. The number of esters is 1. The molecule has 0 fully saturated rings. The lowest BCUT2D eigenvalue weighted by molar-refractivity contribution is 0.0526. The van der Waals surface area contributed by atoms with Crippen molar-refractivity contribution in [2.75, 3.05) is 6.61 Å². The minimum atomic E-state index is -0.257. The van der Waals surface area contributed by atoms with Crippen LogP contribution in [0.5, 0.6) is 0 Å². The van der Waals surface area contributed by atoms with E-state index >= 15 is 0 Å². The van der Waals surface area contributed by atoms with Crippen LogP contribution in [0.2, 0.25) is 0 Å². The highest BCUT2D eigenvalue weighted by molar-refractivity contribution is 5.96. The third-order valence-electron chi connectivity index (χ3n) is 4.48. The molecule has 3 rings (SSSR count). The number of carbonyl (C=O) groups is 1. The Hall–Kier alpha value is -2.55. The lowest BCUT2D eigenvalue weighted by Crippen LogP contribution is -2.05. The number of hydrogen-bond donors (Lipinski definition) is 0. The quantitative estimate of drug-likeness (QED) is 0.636. The van der Waals surface area contributed by atoms with Crippen molar-refractivity contribution in [2.24, 2.45) is 0 Å². The van der Waals surface area contributed by atoms with Crippen LogP contribution in [0.25, 0.3) is 10.9 Å². The summed E-state index contributed by atoms with van der Waals surface area (Å²) in [5.74, 6) is -0.257. The summed E-state index contributed by atoms with van der Waals surface area (Å²) in [6, 6.07) is 16.3. The van der Waals surface area contributed by atoms with Gasteiger partial charge >= 0.3 is 5.97 Å². The lowest BCUT2D eigenvalue weighted by Gasteiger charge is -2.10. The summed E-state index contributed by atoms with van der Waals surface area (Å²) in [6.07, 6.45) is 0.960. The summed E-state index contributed by atoms with van der Waals surface area (Å²) >= 11 is 0. The van der Waals surface area contributed by atoms with Gasteiger partial charge in [-0.3, -0.25) is 0 Å². The van der Waals surface area contributed by atoms with E-state index in [4.69, 9.17) is 4.74 Å². The van der Waals surface area contributed by atoms with Crippen LogP contribution in [0.15, 0.2) is 48.5 Å². The maximum absolute atomic E-state index is 12.0. The van der Waals surface area contributed by atoms with Gasteiger partial charge in [0.25, 0.3) is 0 Å². The number of nitrogens with zero attached hydrogens (tertiary/aromatic N) is 1. The van der Waals surface area contributed by atoms with Crippen molar-refractivity contribution in [2.45, 2.75) is 33.7 Å². The van der Waals surface area contributed by atoms with Crippen LogP contribution in [0.4, 0.5) is 0 Å². The Morgan fingerprint density at radius 1 is 1.08 bits per heavy atom. The summed E-state index contributed by atoms with van der Waals surface area (Å²) in [4.78, 5) is 12.0. The van der Waals surface area contributed by atoms with Crippen molar-refractivity contribution in [3.63, 3.8) is 0 Å². The minimum absolute atomic E-state index is 0.257. The van der Waals surface area contributed by atoms with Gasteiger partial charge in [-0.1, -0.05) is 37.3 Å². The molecule has 1 aromatic heterocycles. The predicted octanol–water partition coefficient (Wildman–Crippen LogP) is 4.74. The maximum Gasteiger partial charge on any atom is 0.338 e. The molecule has 3 aromatic rings. The Kier molecular flexibility index (Phi) is 4.70. The fraction of sp³-hybridized carbons (Fsp3) is 0.286. The van der Waals surface area contributed by atoms with Gasteiger partial charge in [0.1, 0.15) is 0 Å². The fourth-order valence-electron chi connectivity index (χ4n) is 3.32. The van der Waals surface area contributed by atoms with Crippen LogP contribution in [-0.2, 0) is 17.7 Å². The molecule has 0 saturated carbocycles. The van der Waals surface area contributed by atoms with Gasteiger partial charge in [0.2, 0.25) is 0 Å². The minimum Gasteiger partial charge on any atom is -0.462 e. The van der Waals surface area contributed by atoms with Crippen LogP contribution in [-0.4, -0.2) is 17.1 Å². The Morgan fingerprint density at radius 3 is 2.50 bits per heavy atom. The van der Waals surface area contributed by atoms with Gasteiger partial charge in [-0.2, -0.15) is 0 Å². The highest BCUT2D eigenvalue weighted by atomic mass is 16.5. The molecular formula is C21H23NO2. The molecule has 1 heterocycles. The van der Waals surface area contributed by atoms with Crippen molar-refractivity contribution < 1.29 is 9.53 Å². The molecule has 0 atom stereocenters. The molecule has 124 valence electrons. The van der Waals surface area contributed by atoms with Gasteiger partial charge in [-0.05, 0) is 49.6 Å². The van der Waals surface area contributed by atoms with Crippen LogP contribution < -0.4 is 0 Å². The summed E-state index contributed by atoms with van der Waals surface area (Å²) in [7, 11) is 0. The SMILES string of the molecule is CCOC(=O)c1ccc2c(c1)c(C)c(CC)n2Cc1ccccc1. The molecule has 3 nitrogen and oxygen atoms in total. The Morgan fingerprint density at radius 2 is 1.83 bits per heavy atom. The van der Waals surface area contributed by atoms with E-state index < -0.39 is 0 Å². The molecule has 0 saturated heterocycles. The van der Waals surface area contributed by atoms with Gasteiger partial charge in [-0.15, -0.1) is 0 Å². The van der Waals surface area contributed by atoms with Gasteiger partial charge in [0, 0.05) is 23.1 Å². The van der Waals surface area contributed by atoms with Crippen molar-refractivity contribution in [1.82, 2.24) is 4.57 Å². The average molecular weight is 321 g/mol. The second kappa shape index (κ2) is 6.91. The molecule has 0 radical (unpaired) electrons. The first-order valence-electron chi connectivity index (χ1n) is 8.48. The second-order valence-electron chi connectivity index (χ2n) is 5.95. The molecule has 3 heteroatoms. The number of aryl methyl sites for hydroxylation is 1. The molecule has 2 aromatic carbocycles. The van der Waals surface area contributed by atoms with Gasteiger partial charge in [0.15, 0.2) is 0 Å². The first-order valence-corrected chi connectivity index (χ1v) is 8.48. The van der Waals surface area contributed by atoms with Crippen LogP contribution in [0.3, 0.4) is 0 Å². The van der Waals surface area contributed by atoms with E-state index in [1.54, 1.807) is 0 Å². The summed E-state index contributed by atoms with van der Waals surface area (Å²) < 4.78 is 7.49. The first-order chi connectivity index (χ1) is 11.7. The zero-order valence-electron chi connectivity index (χ0n) is 14.5. The smallest absolute Gasteiger partial charge is 0.338 e. The zero-order valence-corrected chi connectivity index (χ0v) is 14.5. The molecule has 0 aliphatic heterocycles. The molecule has 0 aliphatic rings. The number of hydrogen-bond acceptors (Lipinski definition) is 2. The Labute approximate surface area is 142 Å². The summed E-state index contributed by atoms with van der Waals surface area (Å²) in [6.45, 7) is 7.37. The summed E-state index contributed by atoms with van der Waals surface area (Å²) in [5, 5.41) is 1.13. The zero-order chi connectivity index (χ0) is 17.1. The van der Waals surface area contributed by atoms with Crippen molar-refractivity contribution in [1.29, 1.82) is 0 Å². The van der Waals surface area contributed by atoms with Crippen LogP contribution >= 0.6 is 0 Å². The van der Waals surface area contributed by atoms with E-state index in [9.17, 15) is 4.79 Å². The Balaban J connectivity index is 2.10. The predicted molar refractivity (Wildman–Crippen MR) is 97.6 cm³/mol. The number of aromatic nitrogens is 1. The second-order valence-corrected chi connectivity index (χ2v) is 5.95. The molecular weight excluding hydrogens is 298 g/mol. The average Bonchev–Trinajstić information content (AvgIpc) is 2.87. The van der Waals surface area contributed by atoms with E-state index in [0.717, 1.165) is 18.4 Å². The van der Waals surface area contributed by atoms with Crippen molar-refractivity contribution in [3.8, 4) is 0 Å². The van der Waals surface area contributed by atoms with Gasteiger partial charge in [-0.25, -0.2) is 4.79 Å². The largest absolute Gasteiger partial charge is 0.462 e. The molecule has 0 bridgehead atoms. The first kappa shape index (κ1) is 16.3.